The lowest BCUT2D eigenvalue weighted by Gasteiger charge is -2.17. The first-order valence-corrected chi connectivity index (χ1v) is 9.16. The SMILES string of the molecule is [C-]#[N+]c1ccc(C)c(-c2nnc(-c3ccccc3)n2-c2c(C)cccc2C)c1. The third-order valence-corrected chi connectivity index (χ3v) is 4.95. The van der Waals surface area contributed by atoms with Gasteiger partial charge < -0.3 is 0 Å². The summed E-state index contributed by atoms with van der Waals surface area (Å²) in [6.07, 6.45) is 0. The Morgan fingerprint density at radius 1 is 0.750 bits per heavy atom. The quantitative estimate of drug-likeness (QED) is 0.413. The van der Waals surface area contributed by atoms with Crippen molar-refractivity contribution in [1.82, 2.24) is 14.8 Å². The van der Waals surface area contributed by atoms with Crippen molar-refractivity contribution >= 4 is 5.69 Å². The Labute approximate surface area is 164 Å². The van der Waals surface area contributed by atoms with Crippen molar-refractivity contribution in [2.75, 3.05) is 0 Å². The van der Waals surface area contributed by atoms with E-state index in [-0.39, 0.29) is 0 Å². The van der Waals surface area contributed by atoms with Crippen LogP contribution in [0.4, 0.5) is 5.69 Å². The normalized spacial score (nSPS) is 10.6. The Balaban J connectivity index is 2.08. The number of benzene rings is 3. The fourth-order valence-electron chi connectivity index (χ4n) is 3.52. The average molecular weight is 364 g/mol. The summed E-state index contributed by atoms with van der Waals surface area (Å²) in [4.78, 5) is 3.59. The van der Waals surface area contributed by atoms with E-state index in [2.05, 4.69) is 51.7 Å². The van der Waals surface area contributed by atoms with Crippen LogP contribution >= 0.6 is 0 Å². The van der Waals surface area contributed by atoms with Crippen LogP contribution < -0.4 is 0 Å². The summed E-state index contributed by atoms with van der Waals surface area (Å²) < 4.78 is 2.12. The molecule has 0 aliphatic rings. The van der Waals surface area contributed by atoms with Crippen LogP contribution in [0.15, 0.2) is 66.7 Å². The van der Waals surface area contributed by atoms with E-state index in [1.165, 1.54) is 0 Å². The zero-order chi connectivity index (χ0) is 19.7. The highest BCUT2D eigenvalue weighted by molar-refractivity contribution is 5.73. The fourth-order valence-corrected chi connectivity index (χ4v) is 3.52. The maximum atomic E-state index is 7.38. The van der Waals surface area contributed by atoms with E-state index in [1.54, 1.807) is 0 Å². The van der Waals surface area contributed by atoms with E-state index in [0.717, 1.165) is 45.2 Å². The number of rotatable bonds is 3. The minimum Gasteiger partial charge on any atom is -0.275 e. The molecule has 0 N–H and O–H groups in total. The number of aromatic nitrogens is 3. The first-order valence-electron chi connectivity index (χ1n) is 9.16. The van der Waals surface area contributed by atoms with Crippen molar-refractivity contribution in [2.45, 2.75) is 20.8 Å². The summed E-state index contributed by atoms with van der Waals surface area (Å²) in [7, 11) is 0. The molecule has 0 aliphatic heterocycles. The number of hydrogen-bond acceptors (Lipinski definition) is 2. The largest absolute Gasteiger partial charge is 0.275 e. The van der Waals surface area contributed by atoms with Crippen molar-refractivity contribution in [3.05, 3.63) is 94.8 Å². The first-order chi connectivity index (χ1) is 13.6. The summed E-state index contributed by atoms with van der Waals surface area (Å²) >= 11 is 0. The van der Waals surface area contributed by atoms with Crippen molar-refractivity contribution in [1.29, 1.82) is 0 Å². The summed E-state index contributed by atoms with van der Waals surface area (Å²) in [5, 5.41) is 9.12. The van der Waals surface area contributed by atoms with Gasteiger partial charge in [-0.2, -0.15) is 0 Å². The smallest absolute Gasteiger partial charge is 0.187 e. The monoisotopic (exact) mass is 364 g/mol. The van der Waals surface area contributed by atoms with Crippen LogP contribution in [0.1, 0.15) is 16.7 Å². The van der Waals surface area contributed by atoms with E-state index < -0.39 is 0 Å². The molecule has 0 aliphatic carbocycles. The molecule has 4 heteroatoms. The summed E-state index contributed by atoms with van der Waals surface area (Å²) in [6, 6.07) is 22.0. The van der Waals surface area contributed by atoms with E-state index >= 15 is 0 Å². The summed E-state index contributed by atoms with van der Waals surface area (Å²) in [5.74, 6) is 1.54. The van der Waals surface area contributed by atoms with Crippen LogP contribution in [0.3, 0.4) is 0 Å². The molecule has 0 amide bonds. The molecule has 0 saturated heterocycles. The second-order valence-electron chi connectivity index (χ2n) is 6.90. The third kappa shape index (κ3) is 2.97. The lowest BCUT2D eigenvalue weighted by atomic mass is 10.0. The molecule has 0 atom stereocenters. The Morgan fingerprint density at radius 3 is 2.11 bits per heavy atom. The van der Waals surface area contributed by atoms with Crippen LogP contribution in [-0.4, -0.2) is 14.8 Å². The molecule has 28 heavy (non-hydrogen) atoms. The number of para-hydroxylation sites is 1. The van der Waals surface area contributed by atoms with E-state index in [1.807, 2.05) is 55.5 Å². The van der Waals surface area contributed by atoms with Crippen molar-refractivity contribution in [2.24, 2.45) is 0 Å². The number of nitrogens with zero attached hydrogens (tertiary/aromatic N) is 4. The Kier molecular flexibility index (Phi) is 4.50. The second-order valence-corrected chi connectivity index (χ2v) is 6.90. The average Bonchev–Trinajstić information content (AvgIpc) is 3.13. The van der Waals surface area contributed by atoms with Gasteiger partial charge in [0.1, 0.15) is 0 Å². The molecule has 4 nitrogen and oxygen atoms in total. The van der Waals surface area contributed by atoms with Gasteiger partial charge in [0.2, 0.25) is 0 Å². The maximum Gasteiger partial charge on any atom is 0.187 e. The maximum absolute atomic E-state index is 7.38. The molecule has 136 valence electrons. The van der Waals surface area contributed by atoms with E-state index in [4.69, 9.17) is 6.57 Å². The molecule has 1 aromatic heterocycles. The lowest BCUT2D eigenvalue weighted by Crippen LogP contribution is -2.05. The zero-order valence-corrected chi connectivity index (χ0v) is 16.1. The minimum absolute atomic E-state index is 0.595. The Morgan fingerprint density at radius 2 is 1.43 bits per heavy atom. The standard InChI is InChI=1S/C24H20N4/c1-16-13-14-20(25-4)15-21(16)24-27-26-23(19-11-6-5-7-12-19)28(24)22-17(2)9-8-10-18(22)3/h5-15H,1-3H3. The minimum atomic E-state index is 0.595. The summed E-state index contributed by atoms with van der Waals surface area (Å²) in [6.45, 7) is 13.6. The molecule has 0 saturated carbocycles. The molecular formula is C24H20N4. The van der Waals surface area contributed by atoms with Gasteiger partial charge in [0.15, 0.2) is 17.3 Å². The van der Waals surface area contributed by atoms with E-state index in [9.17, 15) is 0 Å². The molecule has 0 spiro atoms. The molecule has 4 rings (SSSR count). The molecule has 4 aromatic rings. The van der Waals surface area contributed by atoms with Crippen LogP contribution in [-0.2, 0) is 0 Å². The first kappa shape index (κ1) is 17.7. The summed E-state index contributed by atoms with van der Waals surface area (Å²) in [5.41, 5.74) is 6.96. The molecule has 3 aromatic carbocycles. The van der Waals surface area contributed by atoms with Gasteiger partial charge in [-0.05, 0) is 43.5 Å². The van der Waals surface area contributed by atoms with Crippen LogP contribution in [0, 0.1) is 27.3 Å². The predicted molar refractivity (Wildman–Crippen MR) is 113 cm³/mol. The van der Waals surface area contributed by atoms with Crippen molar-refractivity contribution in [3.63, 3.8) is 0 Å². The molecule has 1 heterocycles. The zero-order valence-electron chi connectivity index (χ0n) is 16.1. The second kappa shape index (κ2) is 7.13. The number of aryl methyl sites for hydroxylation is 3. The highest BCUT2D eigenvalue weighted by atomic mass is 15.3. The molecule has 0 unspecified atom stereocenters. The molecule has 0 fully saturated rings. The number of hydrogen-bond donors (Lipinski definition) is 0. The van der Waals surface area contributed by atoms with E-state index in [0.29, 0.717) is 5.69 Å². The highest BCUT2D eigenvalue weighted by Gasteiger charge is 2.20. The molecular weight excluding hydrogens is 344 g/mol. The highest BCUT2D eigenvalue weighted by Crippen LogP contribution is 2.34. The third-order valence-electron chi connectivity index (χ3n) is 4.95. The van der Waals surface area contributed by atoms with Gasteiger partial charge in [-0.1, -0.05) is 60.7 Å². The molecule has 0 radical (unpaired) electrons. The van der Waals surface area contributed by atoms with Crippen LogP contribution in [0.2, 0.25) is 0 Å². The Bertz CT molecular complexity index is 1180. The van der Waals surface area contributed by atoms with Crippen LogP contribution in [0.5, 0.6) is 0 Å². The van der Waals surface area contributed by atoms with Gasteiger partial charge in [0, 0.05) is 11.1 Å². The van der Waals surface area contributed by atoms with Gasteiger partial charge >= 0.3 is 0 Å². The van der Waals surface area contributed by atoms with Gasteiger partial charge in [-0.15, -0.1) is 10.2 Å². The van der Waals surface area contributed by atoms with Gasteiger partial charge in [-0.3, -0.25) is 4.57 Å². The topological polar surface area (TPSA) is 35.1 Å². The van der Waals surface area contributed by atoms with Gasteiger partial charge in [0.25, 0.3) is 0 Å². The van der Waals surface area contributed by atoms with Crippen molar-refractivity contribution in [3.8, 4) is 28.5 Å². The van der Waals surface area contributed by atoms with Crippen molar-refractivity contribution < 1.29 is 0 Å². The fraction of sp³-hybridized carbons (Fsp3) is 0.125. The van der Waals surface area contributed by atoms with Gasteiger partial charge in [0.05, 0.1) is 12.3 Å². The predicted octanol–water partition coefficient (Wildman–Crippen LogP) is 6.08. The molecule has 0 bridgehead atoms. The Hall–Kier alpha value is -3.71. The lowest BCUT2D eigenvalue weighted by molar-refractivity contribution is 1.03. The van der Waals surface area contributed by atoms with Gasteiger partial charge in [-0.25, -0.2) is 4.85 Å². The van der Waals surface area contributed by atoms with Crippen LogP contribution in [0.25, 0.3) is 33.3 Å².